The molecule has 1 aromatic rings. The zero-order valence-electron chi connectivity index (χ0n) is 7.75. The minimum atomic E-state index is -5.11. The third-order valence-electron chi connectivity index (χ3n) is 1.55. The third kappa shape index (κ3) is 2.30. The van der Waals surface area contributed by atoms with Crippen molar-refractivity contribution in [3.05, 3.63) is 11.5 Å². The van der Waals surface area contributed by atoms with Crippen molar-refractivity contribution in [1.82, 2.24) is 5.16 Å². The van der Waals surface area contributed by atoms with Gasteiger partial charge < -0.3 is 14.9 Å². The Balaban J connectivity index is 3.02. The normalized spacial score (nSPS) is 11.2. The fourth-order valence-electron chi connectivity index (χ4n) is 0.847. The Hall–Kier alpha value is -2.06. The smallest absolute Gasteiger partial charge is 0.471 e. The van der Waals surface area contributed by atoms with Gasteiger partial charge in [-0.1, -0.05) is 5.16 Å². The molecule has 0 aliphatic rings. The van der Waals surface area contributed by atoms with Gasteiger partial charge in [0, 0.05) is 0 Å². The number of nitrogens with one attached hydrogen (secondary N) is 1. The lowest BCUT2D eigenvalue weighted by Gasteiger charge is -2.06. The van der Waals surface area contributed by atoms with Gasteiger partial charge in [-0.05, 0) is 6.92 Å². The average molecular weight is 238 g/mol. The molecule has 0 atom stereocenters. The molecule has 9 heteroatoms. The molecule has 2 N–H and O–H groups in total. The summed E-state index contributed by atoms with van der Waals surface area (Å²) in [5, 5.41) is 13.0. The minimum Gasteiger partial charge on any atom is -0.475 e. The predicted molar refractivity (Wildman–Crippen MR) is 42.9 cm³/mol. The van der Waals surface area contributed by atoms with Crippen LogP contribution in [0, 0.1) is 6.92 Å². The van der Waals surface area contributed by atoms with Crippen LogP contribution in [0.4, 0.5) is 18.9 Å². The number of hydrogen-bond donors (Lipinski definition) is 2. The SMILES string of the molecule is Cc1noc(C(=O)O)c1NC(=O)C(F)(F)F. The Morgan fingerprint density at radius 3 is 2.44 bits per heavy atom. The zero-order chi connectivity index (χ0) is 12.5. The van der Waals surface area contributed by atoms with Crippen LogP contribution in [0.5, 0.6) is 0 Å². The number of nitrogens with zero attached hydrogens (tertiary/aromatic N) is 1. The van der Waals surface area contributed by atoms with Crippen molar-refractivity contribution in [2.75, 3.05) is 5.32 Å². The van der Waals surface area contributed by atoms with Crippen LogP contribution in [0.25, 0.3) is 0 Å². The summed E-state index contributed by atoms with van der Waals surface area (Å²) in [6.45, 7) is 1.20. The Labute approximate surface area is 86.0 Å². The summed E-state index contributed by atoms with van der Waals surface area (Å²) < 4.78 is 39.9. The number of carbonyl (C=O) groups excluding carboxylic acids is 1. The molecule has 1 aromatic heterocycles. The third-order valence-corrected chi connectivity index (χ3v) is 1.55. The molecule has 0 aliphatic carbocycles. The largest absolute Gasteiger partial charge is 0.475 e. The van der Waals surface area contributed by atoms with Gasteiger partial charge in [-0.15, -0.1) is 0 Å². The van der Waals surface area contributed by atoms with Crippen LogP contribution < -0.4 is 5.32 Å². The van der Waals surface area contributed by atoms with Gasteiger partial charge in [0.05, 0.1) is 0 Å². The monoisotopic (exact) mass is 238 g/mol. The minimum absolute atomic E-state index is 0.157. The lowest BCUT2D eigenvalue weighted by atomic mass is 10.3. The van der Waals surface area contributed by atoms with E-state index in [2.05, 4.69) is 9.68 Å². The van der Waals surface area contributed by atoms with E-state index >= 15 is 0 Å². The number of anilines is 1. The van der Waals surface area contributed by atoms with Crippen molar-refractivity contribution in [3.8, 4) is 0 Å². The molecule has 0 radical (unpaired) electrons. The molecule has 0 aliphatic heterocycles. The highest BCUT2D eigenvalue weighted by molar-refractivity contribution is 6.01. The van der Waals surface area contributed by atoms with Gasteiger partial charge in [-0.3, -0.25) is 4.79 Å². The molecule has 6 nitrogen and oxygen atoms in total. The molecule has 0 spiro atoms. The number of carbonyl (C=O) groups is 2. The number of aromatic carboxylic acids is 1. The molecule has 16 heavy (non-hydrogen) atoms. The van der Waals surface area contributed by atoms with E-state index in [4.69, 9.17) is 5.11 Å². The standard InChI is InChI=1S/C7H5F3N2O4/c1-2-3(4(5(13)14)16-12-2)11-6(15)7(8,9)10/h1H3,(H,11,15)(H,13,14). The summed E-state index contributed by atoms with van der Waals surface area (Å²) in [6.07, 6.45) is -5.11. The van der Waals surface area contributed by atoms with E-state index in [-0.39, 0.29) is 5.69 Å². The predicted octanol–water partition coefficient (Wildman–Crippen LogP) is 1.18. The van der Waals surface area contributed by atoms with Crippen molar-refractivity contribution < 1.29 is 32.4 Å². The number of aryl methyl sites for hydroxylation is 1. The molecule has 0 bridgehead atoms. The van der Waals surface area contributed by atoms with E-state index in [1.165, 1.54) is 12.2 Å². The summed E-state index contributed by atoms with van der Waals surface area (Å²) in [5.41, 5.74) is -0.759. The summed E-state index contributed by atoms with van der Waals surface area (Å²) >= 11 is 0. The second kappa shape index (κ2) is 3.83. The first kappa shape index (κ1) is 12.0. The van der Waals surface area contributed by atoms with E-state index in [0.29, 0.717) is 0 Å². The van der Waals surface area contributed by atoms with Crippen molar-refractivity contribution in [2.24, 2.45) is 0 Å². The Morgan fingerprint density at radius 2 is 2.00 bits per heavy atom. The van der Waals surface area contributed by atoms with E-state index in [1.807, 2.05) is 0 Å². The van der Waals surface area contributed by atoms with Crippen LogP contribution in [0.15, 0.2) is 4.52 Å². The van der Waals surface area contributed by atoms with Crippen molar-refractivity contribution in [2.45, 2.75) is 13.1 Å². The summed E-state index contributed by atoms with van der Waals surface area (Å²) in [6, 6.07) is 0. The number of carboxylic acids is 1. The second-order valence-corrected chi connectivity index (χ2v) is 2.73. The molecule has 0 aromatic carbocycles. The van der Waals surface area contributed by atoms with Crippen LogP contribution in [0.2, 0.25) is 0 Å². The highest BCUT2D eigenvalue weighted by atomic mass is 19.4. The lowest BCUT2D eigenvalue weighted by molar-refractivity contribution is -0.167. The Kier molecular flexibility index (Phi) is 2.88. The molecule has 0 unspecified atom stereocenters. The van der Waals surface area contributed by atoms with Crippen LogP contribution >= 0.6 is 0 Å². The highest BCUT2D eigenvalue weighted by Crippen LogP contribution is 2.23. The van der Waals surface area contributed by atoms with Gasteiger partial charge in [0.25, 0.3) is 5.76 Å². The number of hydrogen-bond acceptors (Lipinski definition) is 4. The number of carboxylic acid groups (broad SMARTS) is 1. The molecule has 1 heterocycles. The Morgan fingerprint density at radius 1 is 1.44 bits per heavy atom. The molecular weight excluding hydrogens is 233 g/mol. The summed E-state index contributed by atoms with van der Waals surface area (Å²) in [7, 11) is 0. The molecule has 0 saturated heterocycles. The quantitative estimate of drug-likeness (QED) is 0.806. The molecule has 0 fully saturated rings. The first-order valence-corrected chi connectivity index (χ1v) is 3.81. The topological polar surface area (TPSA) is 92.4 Å². The number of alkyl halides is 3. The van der Waals surface area contributed by atoms with Gasteiger partial charge in [0.1, 0.15) is 11.4 Å². The van der Waals surface area contributed by atoms with Crippen LogP contribution in [0.3, 0.4) is 0 Å². The highest BCUT2D eigenvalue weighted by Gasteiger charge is 2.40. The van der Waals surface area contributed by atoms with Crippen molar-refractivity contribution in [3.63, 3.8) is 0 Å². The molecule has 0 saturated carbocycles. The van der Waals surface area contributed by atoms with Gasteiger partial charge in [-0.2, -0.15) is 13.2 Å². The van der Waals surface area contributed by atoms with Gasteiger partial charge in [0.2, 0.25) is 0 Å². The average Bonchev–Trinajstić information content (AvgIpc) is 2.46. The summed E-state index contributed by atoms with van der Waals surface area (Å²) in [5.74, 6) is -4.77. The number of aromatic nitrogens is 1. The lowest BCUT2D eigenvalue weighted by Crippen LogP contribution is -2.30. The van der Waals surface area contributed by atoms with Crippen LogP contribution in [-0.2, 0) is 4.79 Å². The molecular formula is C7H5F3N2O4. The Bertz CT molecular complexity index is 437. The van der Waals surface area contributed by atoms with E-state index in [1.54, 1.807) is 0 Å². The fourth-order valence-corrected chi connectivity index (χ4v) is 0.847. The number of amides is 1. The van der Waals surface area contributed by atoms with E-state index < -0.39 is 29.5 Å². The molecule has 1 rings (SSSR count). The number of halogens is 3. The van der Waals surface area contributed by atoms with Gasteiger partial charge in [-0.25, -0.2) is 4.79 Å². The molecule has 88 valence electrons. The number of rotatable bonds is 2. The zero-order valence-corrected chi connectivity index (χ0v) is 7.75. The van der Waals surface area contributed by atoms with Gasteiger partial charge in [0.15, 0.2) is 0 Å². The fraction of sp³-hybridized carbons (Fsp3) is 0.286. The van der Waals surface area contributed by atoms with Crippen LogP contribution in [-0.4, -0.2) is 28.3 Å². The first-order valence-electron chi connectivity index (χ1n) is 3.81. The van der Waals surface area contributed by atoms with Gasteiger partial charge >= 0.3 is 18.1 Å². The van der Waals surface area contributed by atoms with Crippen molar-refractivity contribution >= 4 is 17.6 Å². The second-order valence-electron chi connectivity index (χ2n) is 2.73. The molecule has 1 amide bonds. The maximum atomic E-state index is 11.9. The maximum Gasteiger partial charge on any atom is 0.471 e. The summed E-state index contributed by atoms with van der Waals surface area (Å²) in [4.78, 5) is 21.1. The van der Waals surface area contributed by atoms with Crippen molar-refractivity contribution in [1.29, 1.82) is 0 Å². The maximum absolute atomic E-state index is 11.9. The first-order chi connectivity index (χ1) is 7.23. The van der Waals surface area contributed by atoms with E-state index in [9.17, 15) is 22.8 Å². The van der Waals surface area contributed by atoms with E-state index in [0.717, 1.165) is 0 Å². The van der Waals surface area contributed by atoms with Crippen LogP contribution in [0.1, 0.15) is 16.2 Å².